The molecule has 0 aliphatic rings. The molecular formula is C15H23N3O. The van der Waals surface area contributed by atoms with Crippen molar-refractivity contribution in [1.82, 2.24) is 9.47 Å². The third-order valence-corrected chi connectivity index (χ3v) is 3.75. The molecule has 0 spiro atoms. The lowest BCUT2D eigenvalue weighted by Crippen LogP contribution is -2.27. The van der Waals surface area contributed by atoms with Gasteiger partial charge >= 0.3 is 0 Å². The van der Waals surface area contributed by atoms with Crippen LogP contribution in [0.2, 0.25) is 0 Å². The molecule has 2 rings (SSSR count). The van der Waals surface area contributed by atoms with Crippen LogP contribution >= 0.6 is 0 Å². The number of fused-ring (bicyclic) bond motifs is 1. The Labute approximate surface area is 114 Å². The Morgan fingerprint density at radius 3 is 2.58 bits per heavy atom. The molecule has 0 aliphatic carbocycles. The zero-order valence-corrected chi connectivity index (χ0v) is 12.4. The number of hydrogen-bond acceptors (Lipinski definition) is 3. The summed E-state index contributed by atoms with van der Waals surface area (Å²) in [6, 6.07) is 4.34. The third-order valence-electron chi connectivity index (χ3n) is 3.75. The normalized spacial score (nSPS) is 13.2. The lowest BCUT2D eigenvalue weighted by molar-refractivity contribution is 0.307. The topological polar surface area (TPSA) is 43.4 Å². The minimum atomic E-state index is 0.217. The van der Waals surface area contributed by atoms with E-state index in [1.54, 1.807) is 7.11 Å². The van der Waals surface area contributed by atoms with E-state index >= 15 is 0 Å². The molecule has 4 nitrogen and oxygen atoms in total. The first-order valence-electron chi connectivity index (χ1n) is 6.50. The molecule has 0 radical (unpaired) electrons. The first kappa shape index (κ1) is 13.9. The van der Waals surface area contributed by atoms with Gasteiger partial charge in [-0.1, -0.05) is 6.07 Å². The molecule has 0 aliphatic heterocycles. The summed E-state index contributed by atoms with van der Waals surface area (Å²) < 4.78 is 7.61. The van der Waals surface area contributed by atoms with Gasteiger partial charge in [-0.15, -0.1) is 0 Å². The lowest BCUT2D eigenvalue weighted by atomic mass is 10.0. The molecule has 4 heteroatoms. The van der Waals surface area contributed by atoms with Crippen LogP contribution < -0.4 is 10.5 Å². The fraction of sp³-hybridized carbons (Fsp3) is 0.467. The summed E-state index contributed by atoms with van der Waals surface area (Å²) in [5.41, 5.74) is 9.60. The van der Waals surface area contributed by atoms with Gasteiger partial charge in [0.25, 0.3) is 0 Å². The van der Waals surface area contributed by atoms with E-state index in [9.17, 15) is 0 Å². The number of methoxy groups -OCH3 is 1. The van der Waals surface area contributed by atoms with Crippen LogP contribution in [0.4, 0.5) is 0 Å². The van der Waals surface area contributed by atoms with E-state index in [0.29, 0.717) is 6.54 Å². The number of likely N-dealkylation sites (N-methyl/N-ethyl adjacent to an activating group) is 1. The predicted octanol–water partition coefficient (Wildman–Crippen LogP) is 2.06. The van der Waals surface area contributed by atoms with Crippen LogP contribution in [-0.2, 0) is 7.05 Å². The van der Waals surface area contributed by atoms with Gasteiger partial charge in [-0.3, -0.25) is 0 Å². The average Bonchev–Trinajstić information content (AvgIpc) is 2.70. The standard InChI is InChI=1S/C15H23N3O/c1-10-6-7-13(19-5)15-14(10)11(9-18(15)4)12(8-16)17(2)3/h6-7,9,12H,8,16H2,1-5H3. The number of hydrogen-bond donors (Lipinski definition) is 1. The van der Waals surface area contributed by atoms with Crippen LogP contribution in [0, 0.1) is 6.92 Å². The highest BCUT2D eigenvalue weighted by Crippen LogP contribution is 2.35. The van der Waals surface area contributed by atoms with Crippen LogP contribution in [0.1, 0.15) is 17.2 Å². The van der Waals surface area contributed by atoms with Crippen LogP contribution in [0.3, 0.4) is 0 Å². The van der Waals surface area contributed by atoms with Crippen molar-refractivity contribution in [2.75, 3.05) is 27.7 Å². The van der Waals surface area contributed by atoms with Crippen LogP contribution in [0.15, 0.2) is 18.3 Å². The predicted molar refractivity (Wildman–Crippen MR) is 79.7 cm³/mol. The zero-order valence-electron chi connectivity index (χ0n) is 12.4. The minimum absolute atomic E-state index is 0.217. The lowest BCUT2D eigenvalue weighted by Gasteiger charge is -2.22. The van der Waals surface area contributed by atoms with Crippen molar-refractivity contribution >= 4 is 10.9 Å². The number of aromatic nitrogens is 1. The molecule has 0 amide bonds. The van der Waals surface area contributed by atoms with Gasteiger partial charge < -0.3 is 19.9 Å². The summed E-state index contributed by atoms with van der Waals surface area (Å²) >= 11 is 0. The van der Waals surface area contributed by atoms with Crippen molar-refractivity contribution in [3.63, 3.8) is 0 Å². The average molecular weight is 261 g/mol. The molecular weight excluding hydrogens is 238 g/mol. The van der Waals surface area contributed by atoms with E-state index in [2.05, 4.69) is 49.8 Å². The Balaban J connectivity index is 2.77. The molecule has 0 saturated heterocycles. The summed E-state index contributed by atoms with van der Waals surface area (Å²) in [5, 5.41) is 1.26. The monoisotopic (exact) mass is 261 g/mol. The summed E-state index contributed by atoms with van der Waals surface area (Å²) in [6.45, 7) is 2.73. The summed E-state index contributed by atoms with van der Waals surface area (Å²) in [7, 11) is 7.89. The van der Waals surface area contributed by atoms with E-state index in [0.717, 1.165) is 11.3 Å². The molecule has 104 valence electrons. The number of rotatable bonds is 4. The highest BCUT2D eigenvalue weighted by atomic mass is 16.5. The van der Waals surface area contributed by atoms with Crippen LogP contribution in [0.25, 0.3) is 10.9 Å². The highest BCUT2D eigenvalue weighted by Gasteiger charge is 2.20. The van der Waals surface area contributed by atoms with Crippen molar-refractivity contribution in [1.29, 1.82) is 0 Å². The fourth-order valence-corrected chi connectivity index (χ4v) is 2.76. The van der Waals surface area contributed by atoms with Gasteiger partial charge in [0.1, 0.15) is 5.75 Å². The second-order valence-corrected chi connectivity index (χ2v) is 5.22. The minimum Gasteiger partial charge on any atom is -0.495 e. The van der Waals surface area contributed by atoms with Crippen molar-refractivity contribution in [2.24, 2.45) is 12.8 Å². The molecule has 1 aromatic carbocycles. The largest absolute Gasteiger partial charge is 0.495 e. The number of nitrogens with two attached hydrogens (primary N) is 1. The second kappa shape index (κ2) is 5.23. The van der Waals surface area contributed by atoms with Crippen molar-refractivity contribution in [3.05, 3.63) is 29.5 Å². The molecule has 1 aromatic heterocycles. The molecule has 1 heterocycles. The Hall–Kier alpha value is -1.52. The molecule has 0 bridgehead atoms. The highest BCUT2D eigenvalue weighted by molar-refractivity contribution is 5.92. The van der Waals surface area contributed by atoms with Crippen molar-refractivity contribution in [3.8, 4) is 5.75 Å². The van der Waals surface area contributed by atoms with Gasteiger partial charge in [0.2, 0.25) is 0 Å². The molecule has 2 aromatic rings. The molecule has 1 unspecified atom stereocenters. The van der Waals surface area contributed by atoms with E-state index in [1.807, 2.05) is 6.07 Å². The Morgan fingerprint density at radius 1 is 1.37 bits per heavy atom. The number of nitrogens with zero attached hydrogens (tertiary/aromatic N) is 2. The maximum Gasteiger partial charge on any atom is 0.143 e. The molecule has 19 heavy (non-hydrogen) atoms. The third kappa shape index (κ3) is 2.22. The van der Waals surface area contributed by atoms with E-state index in [1.165, 1.54) is 16.5 Å². The van der Waals surface area contributed by atoms with E-state index in [4.69, 9.17) is 10.5 Å². The molecule has 2 N–H and O–H groups in total. The van der Waals surface area contributed by atoms with Gasteiger partial charge in [-0.25, -0.2) is 0 Å². The SMILES string of the molecule is COc1ccc(C)c2c(C(CN)N(C)C)cn(C)c12. The summed E-state index contributed by atoms with van der Waals surface area (Å²) in [6.07, 6.45) is 2.16. The van der Waals surface area contributed by atoms with Gasteiger partial charge in [-0.2, -0.15) is 0 Å². The molecule has 0 fully saturated rings. The van der Waals surface area contributed by atoms with Gasteiger partial charge in [0.15, 0.2) is 0 Å². The Kier molecular flexibility index (Phi) is 3.83. The quantitative estimate of drug-likeness (QED) is 0.916. The maximum absolute atomic E-state index is 5.94. The Morgan fingerprint density at radius 2 is 2.05 bits per heavy atom. The first-order valence-corrected chi connectivity index (χ1v) is 6.50. The van der Waals surface area contributed by atoms with E-state index in [-0.39, 0.29) is 6.04 Å². The fourth-order valence-electron chi connectivity index (χ4n) is 2.76. The first-order chi connectivity index (χ1) is 9.01. The second-order valence-electron chi connectivity index (χ2n) is 5.22. The summed E-state index contributed by atoms with van der Waals surface area (Å²) in [4.78, 5) is 2.16. The Bertz CT molecular complexity index is 587. The van der Waals surface area contributed by atoms with Crippen molar-refractivity contribution in [2.45, 2.75) is 13.0 Å². The van der Waals surface area contributed by atoms with Gasteiger partial charge in [0.05, 0.1) is 12.6 Å². The molecule has 1 atom stereocenters. The van der Waals surface area contributed by atoms with Crippen LogP contribution in [-0.4, -0.2) is 37.2 Å². The number of ether oxygens (including phenoxy) is 1. The summed E-state index contributed by atoms with van der Waals surface area (Å²) in [5.74, 6) is 0.906. The maximum atomic E-state index is 5.94. The molecule has 0 saturated carbocycles. The zero-order chi connectivity index (χ0) is 14.2. The van der Waals surface area contributed by atoms with E-state index < -0.39 is 0 Å². The smallest absolute Gasteiger partial charge is 0.143 e. The van der Waals surface area contributed by atoms with Gasteiger partial charge in [-0.05, 0) is 38.2 Å². The van der Waals surface area contributed by atoms with Crippen LogP contribution in [0.5, 0.6) is 5.75 Å². The number of aryl methyl sites for hydroxylation is 2. The van der Waals surface area contributed by atoms with Gasteiger partial charge in [0, 0.05) is 31.2 Å². The van der Waals surface area contributed by atoms with Crippen molar-refractivity contribution < 1.29 is 4.74 Å². The number of benzene rings is 1.